The third kappa shape index (κ3) is 4.13. The Bertz CT molecular complexity index is 954. The molecule has 0 radical (unpaired) electrons. The lowest BCUT2D eigenvalue weighted by atomic mass is 10.0. The average molecular weight is 383 g/mol. The van der Waals surface area contributed by atoms with Crippen LogP contribution in [0.4, 0.5) is 23.4 Å². The van der Waals surface area contributed by atoms with Crippen LogP contribution in [0.1, 0.15) is 6.42 Å². The molecule has 0 spiro atoms. The molecule has 1 heterocycles. The van der Waals surface area contributed by atoms with Crippen molar-refractivity contribution in [2.24, 2.45) is 0 Å². The van der Waals surface area contributed by atoms with E-state index in [1.165, 1.54) is 12.1 Å². The average Bonchev–Trinajstić information content (AvgIpc) is 2.93. The number of halogens is 4. The van der Waals surface area contributed by atoms with Gasteiger partial charge in [0.25, 0.3) is 0 Å². The van der Waals surface area contributed by atoms with Gasteiger partial charge in [0.2, 0.25) is 0 Å². The molecular formula is C18H17F4N3O2. The van der Waals surface area contributed by atoms with E-state index < -0.39 is 24.3 Å². The number of hydrogen-bond acceptors (Lipinski definition) is 4. The molecule has 0 saturated carbocycles. The van der Waals surface area contributed by atoms with Crippen LogP contribution in [0.2, 0.25) is 0 Å². The van der Waals surface area contributed by atoms with Gasteiger partial charge in [-0.25, -0.2) is 4.39 Å². The molecule has 0 atom stereocenters. The Hall–Kier alpha value is -2.81. The zero-order chi connectivity index (χ0) is 19.6. The summed E-state index contributed by atoms with van der Waals surface area (Å²) in [5.74, 6) is -1.06. The van der Waals surface area contributed by atoms with E-state index in [0.717, 1.165) is 6.07 Å². The van der Waals surface area contributed by atoms with Crippen molar-refractivity contribution in [3.8, 4) is 16.9 Å². The topological polar surface area (TPSA) is 73.3 Å². The standard InChI is InChI=1S/C18H17F4N3O2/c19-14-4-1-3-12(16(14)27-10-18(20,21)22)11-5-6-13-15(9-11)25(7-2-8-26)24-17(13)23/h1,3-6,9,26H,2,7-8,10H2,(H2,23,24). The highest BCUT2D eigenvalue weighted by atomic mass is 19.4. The number of anilines is 1. The van der Waals surface area contributed by atoms with Gasteiger partial charge in [-0.2, -0.15) is 18.3 Å². The van der Waals surface area contributed by atoms with Crippen molar-refractivity contribution in [3.05, 3.63) is 42.2 Å². The lowest BCUT2D eigenvalue weighted by Gasteiger charge is -2.14. The first-order chi connectivity index (χ1) is 12.8. The first-order valence-electron chi connectivity index (χ1n) is 8.15. The van der Waals surface area contributed by atoms with Crippen molar-refractivity contribution in [2.75, 3.05) is 18.9 Å². The number of alkyl halides is 3. The Kier molecular flexibility index (Phi) is 5.22. The number of aromatic nitrogens is 2. The molecule has 5 nitrogen and oxygen atoms in total. The van der Waals surface area contributed by atoms with Crippen LogP contribution < -0.4 is 10.5 Å². The summed E-state index contributed by atoms with van der Waals surface area (Å²) in [4.78, 5) is 0. The van der Waals surface area contributed by atoms with E-state index in [9.17, 15) is 17.6 Å². The zero-order valence-electron chi connectivity index (χ0n) is 14.1. The summed E-state index contributed by atoms with van der Waals surface area (Å²) in [5, 5.41) is 13.9. The Morgan fingerprint density at radius 1 is 1.19 bits per heavy atom. The zero-order valence-corrected chi connectivity index (χ0v) is 14.1. The third-order valence-corrected chi connectivity index (χ3v) is 3.97. The summed E-state index contributed by atoms with van der Waals surface area (Å²) in [7, 11) is 0. The van der Waals surface area contributed by atoms with Crippen LogP contribution in [0.15, 0.2) is 36.4 Å². The minimum Gasteiger partial charge on any atom is -0.480 e. The van der Waals surface area contributed by atoms with E-state index in [0.29, 0.717) is 35.2 Å². The fraction of sp³-hybridized carbons (Fsp3) is 0.278. The predicted molar refractivity (Wildman–Crippen MR) is 92.8 cm³/mol. The van der Waals surface area contributed by atoms with Crippen LogP contribution in [0.3, 0.4) is 0 Å². The molecule has 0 amide bonds. The fourth-order valence-electron chi connectivity index (χ4n) is 2.79. The molecule has 144 valence electrons. The van der Waals surface area contributed by atoms with Crippen molar-refractivity contribution < 1.29 is 27.4 Å². The predicted octanol–water partition coefficient (Wildman–Crippen LogP) is 3.75. The summed E-state index contributed by atoms with van der Waals surface area (Å²) in [6, 6.07) is 8.86. The minimum absolute atomic E-state index is 0.0275. The summed E-state index contributed by atoms with van der Waals surface area (Å²) >= 11 is 0. The van der Waals surface area contributed by atoms with Crippen molar-refractivity contribution in [2.45, 2.75) is 19.1 Å². The highest BCUT2D eigenvalue weighted by Gasteiger charge is 2.29. The first kappa shape index (κ1) is 19.0. The summed E-state index contributed by atoms with van der Waals surface area (Å²) in [6.07, 6.45) is -4.12. The molecule has 0 aliphatic heterocycles. The molecule has 0 unspecified atom stereocenters. The monoisotopic (exact) mass is 383 g/mol. The first-order valence-corrected chi connectivity index (χ1v) is 8.15. The highest BCUT2D eigenvalue weighted by Crippen LogP contribution is 2.35. The van der Waals surface area contributed by atoms with E-state index in [1.54, 1.807) is 22.9 Å². The third-order valence-electron chi connectivity index (χ3n) is 3.97. The number of fused-ring (bicyclic) bond motifs is 1. The van der Waals surface area contributed by atoms with Gasteiger partial charge in [0, 0.05) is 24.1 Å². The van der Waals surface area contributed by atoms with Crippen LogP contribution in [0.25, 0.3) is 22.0 Å². The van der Waals surface area contributed by atoms with Gasteiger partial charge < -0.3 is 15.6 Å². The maximum atomic E-state index is 14.1. The summed E-state index contributed by atoms with van der Waals surface area (Å²) in [6.45, 7) is -1.21. The van der Waals surface area contributed by atoms with Crippen LogP contribution >= 0.6 is 0 Å². The minimum atomic E-state index is -4.58. The maximum absolute atomic E-state index is 14.1. The summed E-state index contributed by atoms with van der Waals surface area (Å²) < 4.78 is 57.9. The molecule has 0 fully saturated rings. The van der Waals surface area contributed by atoms with Crippen molar-refractivity contribution in [1.29, 1.82) is 0 Å². The molecule has 0 saturated heterocycles. The Balaban J connectivity index is 2.06. The number of para-hydroxylation sites is 1. The normalized spacial score (nSPS) is 11.9. The second kappa shape index (κ2) is 7.43. The molecule has 3 rings (SSSR count). The Labute approximate surface area is 152 Å². The van der Waals surface area contributed by atoms with Crippen molar-refractivity contribution >= 4 is 16.7 Å². The van der Waals surface area contributed by atoms with Gasteiger partial charge >= 0.3 is 6.18 Å². The quantitative estimate of drug-likeness (QED) is 0.636. The van der Waals surface area contributed by atoms with Crippen LogP contribution in [-0.2, 0) is 6.54 Å². The molecule has 0 aliphatic rings. The number of nitrogens with zero attached hydrogens (tertiary/aromatic N) is 2. The van der Waals surface area contributed by atoms with E-state index in [4.69, 9.17) is 15.6 Å². The lowest BCUT2D eigenvalue weighted by Crippen LogP contribution is -2.20. The second-order valence-electron chi connectivity index (χ2n) is 5.94. The fourth-order valence-corrected chi connectivity index (χ4v) is 2.79. The van der Waals surface area contributed by atoms with Gasteiger partial charge in [0.05, 0.1) is 5.52 Å². The van der Waals surface area contributed by atoms with Crippen molar-refractivity contribution in [1.82, 2.24) is 9.78 Å². The number of rotatable bonds is 6. The number of hydrogen-bond donors (Lipinski definition) is 2. The molecule has 2 aromatic carbocycles. The number of aryl methyl sites for hydroxylation is 1. The lowest BCUT2D eigenvalue weighted by molar-refractivity contribution is -0.153. The number of ether oxygens (including phenoxy) is 1. The molecule has 3 N–H and O–H groups in total. The SMILES string of the molecule is Nc1nn(CCCO)c2cc(-c3cccc(F)c3OCC(F)(F)F)ccc12. The van der Waals surface area contributed by atoms with Crippen LogP contribution in [0, 0.1) is 5.82 Å². The molecule has 3 aromatic rings. The van der Waals surface area contributed by atoms with Gasteiger partial charge in [0.15, 0.2) is 24.0 Å². The Morgan fingerprint density at radius 3 is 2.67 bits per heavy atom. The molecular weight excluding hydrogens is 366 g/mol. The highest BCUT2D eigenvalue weighted by molar-refractivity contribution is 5.92. The van der Waals surface area contributed by atoms with Gasteiger partial charge in [-0.15, -0.1) is 0 Å². The van der Waals surface area contributed by atoms with Gasteiger partial charge in [0.1, 0.15) is 0 Å². The van der Waals surface area contributed by atoms with E-state index in [1.807, 2.05) is 0 Å². The van der Waals surface area contributed by atoms with Crippen molar-refractivity contribution in [3.63, 3.8) is 0 Å². The van der Waals surface area contributed by atoms with Gasteiger partial charge in [-0.3, -0.25) is 4.68 Å². The van der Waals surface area contributed by atoms with E-state index in [-0.39, 0.29) is 12.2 Å². The van der Waals surface area contributed by atoms with E-state index in [2.05, 4.69) is 5.10 Å². The van der Waals surface area contributed by atoms with Gasteiger partial charge in [-0.05, 0) is 30.2 Å². The summed E-state index contributed by atoms with van der Waals surface area (Å²) in [5.41, 5.74) is 7.16. The van der Waals surface area contributed by atoms with E-state index >= 15 is 0 Å². The number of aliphatic hydroxyl groups excluding tert-OH is 1. The van der Waals surface area contributed by atoms with Crippen LogP contribution in [0.5, 0.6) is 5.75 Å². The van der Waals surface area contributed by atoms with Crippen LogP contribution in [-0.4, -0.2) is 34.3 Å². The number of nitrogen functional groups attached to an aromatic ring is 1. The smallest absolute Gasteiger partial charge is 0.422 e. The molecule has 27 heavy (non-hydrogen) atoms. The second-order valence-corrected chi connectivity index (χ2v) is 5.94. The molecule has 0 bridgehead atoms. The maximum Gasteiger partial charge on any atom is 0.422 e. The molecule has 1 aromatic heterocycles. The number of nitrogens with two attached hydrogens (primary N) is 1. The largest absolute Gasteiger partial charge is 0.480 e. The number of aliphatic hydroxyl groups is 1. The van der Waals surface area contributed by atoms with Gasteiger partial charge in [-0.1, -0.05) is 18.2 Å². The Morgan fingerprint density at radius 2 is 1.96 bits per heavy atom. The molecule has 9 heteroatoms. The molecule has 0 aliphatic carbocycles. The number of benzene rings is 2.